The minimum Gasteiger partial charge on any atom is -0.463 e. The molecule has 2 amide bonds. The number of amides is 2. The normalized spacial score (nSPS) is 12.1. The van der Waals surface area contributed by atoms with Gasteiger partial charge >= 0.3 is 12.1 Å². The van der Waals surface area contributed by atoms with Gasteiger partial charge in [0, 0.05) is 5.69 Å². The fourth-order valence-corrected chi connectivity index (χ4v) is 2.97. The van der Waals surface area contributed by atoms with Crippen LogP contribution in [0.5, 0.6) is 0 Å². The van der Waals surface area contributed by atoms with Crippen molar-refractivity contribution in [3.05, 3.63) is 65.7 Å². The first-order valence-electron chi connectivity index (χ1n) is 10.6. The number of rotatable bonds is 8. The predicted molar refractivity (Wildman–Crippen MR) is 123 cm³/mol. The summed E-state index contributed by atoms with van der Waals surface area (Å²) in [5.41, 5.74) is 1.59. The van der Waals surface area contributed by atoms with E-state index in [0.717, 1.165) is 11.1 Å². The van der Waals surface area contributed by atoms with Crippen LogP contribution in [0.3, 0.4) is 0 Å². The number of benzene rings is 2. The van der Waals surface area contributed by atoms with Crippen LogP contribution >= 0.6 is 0 Å². The Labute approximate surface area is 189 Å². The van der Waals surface area contributed by atoms with Crippen LogP contribution in [0.15, 0.2) is 54.6 Å². The molecule has 32 heavy (non-hydrogen) atoms. The Bertz CT molecular complexity index is 902. The van der Waals surface area contributed by atoms with Gasteiger partial charge in [-0.25, -0.2) is 4.79 Å². The van der Waals surface area contributed by atoms with Crippen molar-refractivity contribution in [2.24, 2.45) is 0 Å². The molecule has 0 radical (unpaired) electrons. The van der Waals surface area contributed by atoms with Gasteiger partial charge in [0.1, 0.15) is 5.60 Å². The number of carbonyl (C=O) groups excluding carboxylic acids is 3. The highest BCUT2D eigenvalue weighted by atomic mass is 16.6. The van der Waals surface area contributed by atoms with Crippen LogP contribution in [0.4, 0.5) is 10.5 Å². The number of anilines is 1. The van der Waals surface area contributed by atoms with E-state index in [4.69, 9.17) is 9.47 Å². The molecule has 2 aromatic rings. The quantitative estimate of drug-likeness (QED) is 0.577. The van der Waals surface area contributed by atoms with Crippen molar-refractivity contribution < 1.29 is 23.9 Å². The number of hydrogen-bond acceptors (Lipinski definition) is 5. The smallest absolute Gasteiger partial charge is 0.412 e. The zero-order valence-electron chi connectivity index (χ0n) is 19.3. The largest absolute Gasteiger partial charge is 0.463 e. The Hall–Kier alpha value is -3.35. The maximum Gasteiger partial charge on any atom is 0.412 e. The molecule has 0 spiro atoms. The number of nitrogens with one attached hydrogen (secondary N) is 2. The lowest BCUT2D eigenvalue weighted by atomic mass is 10.0. The van der Waals surface area contributed by atoms with E-state index >= 15 is 0 Å². The molecule has 0 saturated carbocycles. The second-order valence-electron chi connectivity index (χ2n) is 8.77. The first-order valence-corrected chi connectivity index (χ1v) is 10.6. The Kier molecular flexibility index (Phi) is 8.81. The van der Waals surface area contributed by atoms with E-state index in [0.29, 0.717) is 5.69 Å². The van der Waals surface area contributed by atoms with Crippen LogP contribution in [0, 0.1) is 0 Å². The molecule has 2 N–H and O–H groups in total. The summed E-state index contributed by atoms with van der Waals surface area (Å²) in [7, 11) is 0. The van der Waals surface area contributed by atoms with E-state index in [1.807, 2.05) is 30.3 Å². The summed E-state index contributed by atoms with van der Waals surface area (Å²) in [5, 5.41) is 5.59. The fourth-order valence-electron chi connectivity index (χ4n) is 2.97. The molecule has 0 aromatic heterocycles. The summed E-state index contributed by atoms with van der Waals surface area (Å²) in [5.74, 6) is -0.587. The van der Waals surface area contributed by atoms with Crippen molar-refractivity contribution in [3.8, 4) is 0 Å². The van der Waals surface area contributed by atoms with E-state index in [9.17, 15) is 14.4 Å². The molecule has 0 aliphatic carbocycles. The van der Waals surface area contributed by atoms with Crippen molar-refractivity contribution in [2.75, 3.05) is 5.32 Å². The highest BCUT2D eigenvalue weighted by Crippen LogP contribution is 2.19. The molecule has 2 aromatic carbocycles. The lowest BCUT2D eigenvalue weighted by molar-refractivity contribution is -0.148. The van der Waals surface area contributed by atoms with Gasteiger partial charge in [0.15, 0.2) is 0 Å². The van der Waals surface area contributed by atoms with E-state index in [1.165, 1.54) is 0 Å². The third-order valence-corrected chi connectivity index (χ3v) is 4.24. The van der Waals surface area contributed by atoms with Crippen molar-refractivity contribution in [1.82, 2.24) is 5.32 Å². The molecule has 2 rings (SSSR count). The van der Waals surface area contributed by atoms with E-state index in [2.05, 4.69) is 10.6 Å². The second-order valence-corrected chi connectivity index (χ2v) is 8.77. The van der Waals surface area contributed by atoms with Crippen molar-refractivity contribution >= 4 is 23.7 Å². The molecule has 0 fully saturated rings. The zero-order chi connectivity index (χ0) is 23.7. The lowest BCUT2D eigenvalue weighted by Gasteiger charge is -2.20. The van der Waals surface area contributed by atoms with Crippen LogP contribution < -0.4 is 10.6 Å². The molecule has 1 atom stereocenters. The van der Waals surface area contributed by atoms with Gasteiger partial charge in [-0.05, 0) is 57.9 Å². The van der Waals surface area contributed by atoms with Gasteiger partial charge < -0.3 is 14.8 Å². The molecule has 172 valence electrons. The van der Waals surface area contributed by atoms with Gasteiger partial charge in [0.2, 0.25) is 5.91 Å². The molecule has 1 unspecified atom stereocenters. The van der Waals surface area contributed by atoms with Gasteiger partial charge in [0.05, 0.1) is 25.0 Å². The molecule has 7 nitrogen and oxygen atoms in total. The van der Waals surface area contributed by atoms with Crippen molar-refractivity contribution in [1.29, 1.82) is 0 Å². The van der Waals surface area contributed by atoms with E-state index in [1.54, 1.807) is 58.9 Å². The van der Waals surface area contributed by atoms with Gasteiger partial charge in [0.25, 0.3) is 0 Å². The minimum absolute atomic E-state index is 0.0483. The average Bonchev–Trinajstić information content (AvgIpc) is 2.67. The zero-order valence-corrected chi connectivity index (χ0v) is 19.3. The summed E-state index contributed by atoms with van der Waals surface area (Å²) in [6, 6.07) is 15.8. The summed E-state index contributed by atoms with van der Waals surface area (Å²) >= 11 is 0. The molecule has 0 aliphatic rings. The maximum absolute atomic E-state index is 12.7. The topological polar surface area (TPSA) is 93.7 Å². The highest BCUT2D eigenvalue weighted by molar-refractivity contribution is 5.85. The number of esters is 1. The van der Waals surface area contributed by atoms with Crippen LogP contribution in [0.2, 0.25) is 0 Å². The number of ether oxygens (including phenoxy) is 2. The minimum atomic E-state index is -0.584. The van der Waals surface area contributed by atoms with E-state index in [-0.39, 0.29) is 30.8 Å². The van der Waals surface area contributed by atoms with Crippen LogP contribution in [-0.4, -0.2) is 29.7 Å². The fraction of sp³-hybridized carbons (Fsp3) is 0.400. The predicted octanol–water partition coefficient (Wildman–Crippen LogP) is 4.78. The summed E-state index contributed by atoms with van der Waals surface area (Å²) in [6.07, 6.45) is -0.577. The lowest BCUT2D eigenvalue weighted by Crippen LogP contribution is -2.32. The third-order valence-electron chi connectivity index (χ3n) is 4.24. The first kappa shape index (κ1) is 24.9. The Balaban J connectivity index is 1.98. The summed E-state index contributed by atoms with van der Waals surface area (Å²) < 4.78 is 10.5. The van der Waals surface area contributed by atoms with Gasteiger partial charge in [-0.2, -0.15) is 0 Å². The molecule has 7 heteroatoms. The molecule has 0 saturated heterocycles. The SMILES string of the molecule is CC(C)OC(=O)CC(NC(=O)Cc1ccc(NC(=O)OC(C)(C)C)cc1)c1ccccc1. The molecule has 0 heterocycles. The molecular weight excluding hydrogens is 408 g/mol. The summed E-state index contributed by atoms with van der Waals surface area (Å²) in [4.78, 5) is 36.7. The Morgan fingerprint density at radius 3 is 2.12 bits per heavy atom. The van der Waals surface area contributed by atoms with Gasteiger partial charge in [-0.1, -0.05) is 42.5 Å². The van der Waals surface area contributed by atoms with E-state index < -0.39 is 17.7 Å². The van der Waals surface area contributed by atoms with Crippen molar-refractivity contribution in [2.45, 2.75) is 65.2 Å². The van der Waals surface area contributed by atoms with Gasteiger partial charge in [-0.3, -0.25) is 14.9 Å². The molecule has 0 aliphatic heterocycles. The Morgan fingerprint density at radius 1 is 0.938 bits per heavy atom. The van der Waals surface area contributed by atoms with Crippen molar-refractivity contribution in [3.63, 3.8) is 0 Å². The summed E-state index contributed by atoms with van der Waals surface area (Å²) in [6.45, 7) is 8.95. The van der Waals surface area contributed by atoms with Crippen LogP contribution in [0.25, 0.3) is 0 Å². The van der Waals surface area contributed by atoms with Crippen LogP contribution in [0.1, 0.15) is 58.2 Å². The number of hydrogen-bond donors (Lipinski definition) is 2. The van der Waals surface area contributed by atoms with Crippen LogP contribution in [-0.2, 0) is 25.5 Å². The highest BCUT2D eigenvalue weighted by Gasteiger charge is 2.20. The Morgan fingerprint density at radius 2 is 1.56 bits per heavy atom. The van der Waals surface area contributed by atoms with Gasteiger partial charge in [-0.15, -0.1) is 0 Å². The average molecular weight is 441 g/mol. The maximum atomic E-state index is 12.7. The second kappa shape index (κ2) is 11.3. The monoisotopic (exact) mass is 440 g/mol. The number of carbonyl (C=O) groups is 3. The molecular formula is C25H32N2O5. The first-order chi connectivity index (χ1) is 15.0. The third kappa shape index (κ3) is 9.20. The molecule has 0 bridgehead atoms. The standard InChI is InChI=1S/C25H32N2O5/c1-17(2)31-23(29)16-21(19-9-7-6-8-10-19)27-22(28)15-18-11-13-20(14-12-18)26-24(30)32-25(3,4)5/h6-14,17,21H,15-16H2,1-5H3,(H,26,30)(H,27,28).